The van der Waals surface area contributed by atoms with Crippen molar-refractivity contribution in [3.05, 3.63) is 87.4 Å². The van der Waals surface area contributed by atoms with Gasteiger partial charge in [0.25, 0.3) is 5.70 Å². The van der Waals surface area contributed by atoms with Gasteiger partial charge in [0, 0.05) is 5.56 Å². The van der Waals surface area contributed by atoms with E-state index in [2.05, 4.69) is 10.6 Å². The molecule has 1 aliphatic rings. The molecule has 0 aromatic heterocycles. The van der Waals surface area contributed by atoms with E-state index in [9.17, 15) is 19.3 Å². The zero-order chi connectivity index (χ0) is 16.4. The topological polar surface area (TPSA) is 84.3 Å². The summed E-state index contributed by atoms with van der Waals surface area (Å²) in [6, 6.07) is 12.3. The lowest BCUT2D eigenvalue weighted by molar-refractivity contribution is -0.430. The van der Waals surface area contributed by atoms with Crippen LogP contribution >= 0.6 is 0 Å². The number of nitro groups is 1. The highest BCUT2D eigenvalue weighted by Crippen LogP contribution is 2.31. The minimum absolute atomic E-state index is 0.105. The summed E-state index contributed by atoms with van der Waals surface area (Å²) < 4.78 is 13.5. The lowest BCUT2D eigenvalue weighted by atomic mass is 9.98. The van der Waals surface area contributed by atoms with Crippen LogP contribution in [0.25, 0.3) is 5.70 Å². The lowest BCUT2D eigenvalue weighted by Crippen LogP contribution is -2.45. The summed E-state index contributed by atoms with van der Waals surface area (Å²) in [7, 11) is 0. The minimum Gasteiger partial charge on any atom is -0.321 e. The van der Waals surface area contributed by atoms with Crippen LogP contribution in [0.2, 0.25) is 0 Å². The number of hydrogen-bond donors (Lipinski definition) is 2. The Kier molecular flexibility index (Phi) is 3.76. The smallest absolute Gasteiger partial charge is 0.320 e. The molecule has 1 heterocycles. The number of urea groups is 1. The summed E-state index contributed by atoms with van der Waals surface area (Å²) in [4.78, 5) is 22.9. The summed E-state index contributed by atoms with van der Waals surface area (Å²) in [6.07, 6.45) is 0. The molecule has 0 bridgehead atoms. The largest absolute Gasteiger partial charge is 0.321 e. The van der Waals surface area contributed by atoms with Gasteiger partial charge in [0.05, 0.1) is 4.92 Å². The van der Waals surface area contributed by atoms with Crippen LogP contribution in [0.4, 0.5) is 9.18 Å². The summed E-state index contributed by atoms with van der Waals surface area (Å²) in [5, 5.41) is 16.5. The van der Waals surface area contributed by atoms with E-state index in [4.69, 9.17) is 0 Å². The molecule has 1 atom stereocenters. The van der Waals surface area contributed by atoms with Crippen molar-refractivity contribution >= 4 is 11.7 Å². The number of carbonyl (C=O) groups excluding carboxylic acids is 1. The second-order valence-corrected chi connectivity index (χ2v) is 4.97. The average molecular weight is 313 g/mol. The van der Waals surface area contributed by atoms with E-state index in [1.54, 1.807) is 30.3 Å². The van der Waals surface area contributed by atoms with Gasteiger partial charge >= 0.3 is 6.03 Å². The molecule has 0 fully saturated rings. The van der Waals surface area contributed by atoms with Crippen molar-refractivity contribution in [1.29, 1.82) is 0 Å². The lowest BCUT2D eigenvalue weighted by Gasteiger charge is -2.25. The van der Waals surface area contributed by atoms with Gasteiger partial charge in [-0.3, -0.25) is 10.1 Å². The Morgan fingerprint density at radius 3 is 2.48 bits per heavy atom. The van der Waals surface area contributed by atoms with Crippen LogP contribution < -0.4 is 10.6 Å². The molecule has 2 aromatic carbocycles. The third-order valence-electron chi connectivity index (χ3n) is 3.48. The maximum Gasteiger partial charge on any atom is 0.320 e. The molecule has 2 amide bonds. The third-order valence-corrected chi connectivity index (χ3v) is 3.48. The maximum absolute atomic E-state index is 13.5. The third kappa shape index (κ3) is 2.89. The molecule has 1 unspecified atom stereocenters. The van der Waals surface area contributed by atoms with Gasteiger partial charge < -0.3 is 10.6 Å². The van der Waals surface area contributed by atoms with E-state index in [1.807, 2.05) is 0 Å². The van der Waals surface area contributed by atoms with Crippen molar-refractivity contribution in [2.75, 3.05) is 0 Å². The van der Waals surface area contributed by atoms with Crippen LogP contribution in [0, 0.1) is 15.9 Å². The van der Waals surface area contributed by atoms with Crippen LogP contribution in [-0.2, 0) is 0 Å². The highest BCUT2D eigenvalue weighted by atomic mass is 19.1. The number of amides is 2. The number of halogens is 1. The molecule has 2 N–H and O–H groups in total. The van der Waals surface area contributed by atoms with Crippen LogP contribution in [0.3, 0.4) is 0 Å². The van der Waals surface area contributed by atoms with Crippen molar-refractivity contribution in [3.8, 4) is 0 Å². The van der Waals surface area contributed by atoms with E-state index in [0.717, 1.165) is 0 Å². The number of carbonyl (C=O) groups is 1. The average Bonchev–Trinajstić information content (AvgIpc) is 2.54. The summed E-state index contributed by atoms with van der Waals surface area (Å²) in [5.41, 5.74) is 0.686. The standard InChI is InChI=1S/C16H12FN3O3/c17-12-8-4-7-11(9-12)14-15(20(22)23)13(18-16(21)19-14)10-5-2-1-3-6-10/h1-9,14H,(H2,18,19,21). The predicted molar refractivity (Wildman–Crippen MR) is 81.2 cm³/mol. The second kappa shape index (κ2) is 5.88. The van der Waals surface area contributed by atoms with Gasteiger partial charge in [0.2, 0.25) is 0 Å². The molecule has 0 saturated carbocycles. The zero-order valence-corrected chi connectivity index (χ0v) is 11.8. The van der Waals surface area contributed by atoms with Gasteiger partial charge in [-0.1, -0.05) is 42.5 Å². The van der Waals surface area contributed by atoms with Gasteiger partial charge in [0.1, 0.15) is 17.6 Å². The van der Waals surface area contributed by atoms with E-state index in [-0.39, 0.29) is 11.4 Å². The highest BCUT2D eigenvalue weighted by molar-refractivity contribution is 5.89. The number of hydrogen-bond acceptors (Lipinski definition) is 3. The number of rotatable bonds is 3. The minimum atomic E-state index is -1.04. The molecule has 2 aromatic rings. The van der Waals surface area contributed by atoms with Crippen LogP contribution in [0.15, 0.2) is 60.3 Å². The van der Waals surface area contributed by atoms with Crippen molar-refractivity contribution in [2.45, 2.75) is 6.04 Å². The van der Waals surface area contributed by atoms with Crippen LogP contribution in [-0.4, -0.2) is 11.0 Å². The quantitative estimate of drug-likeness (QED) is 0.675. The Bertz CT molecular complexity index is 805. The molecule has 0 aliphatic carbocycles. The van der Waals surface area contributed by atoms with Crippen molar-refractivity contribution in [1.82, 2.24) is 10.6 Å². The molecule has 0 saturated heterocycles. The molecule has 6 nitrogen and oxygen atoms in total. The van der Waals surface area contributed by atoms with Gasteiger partial charge in [-0.15, -0.1) is 0 Å². The first kappa shape index (κ1) is 14.7. The van der Waals surface area contributed by atoms with Gasteiger partial charge in [-0.05, 0) is 17.7 Å². The Hall–Kier alpha value is -3.22. The number of nitrogens with one attached hydrogen (secondary N) is 2. The first-order valence-electron chi connectivity index (χ1n) is 6.83. The zero-order valence-electron chi connectivity index (χ0n) is 11.8. The first-order chi connectivity index (χ1) is 11.1. The summed E-state index contributed by atoms with van der Waals surface area (Å²) in [6.45, 7) is 0. The second-order valence-electron chi connectivity index (χ2n) is 4.97. The fourth-order valence-corrected chi connectivity index (χ4v) is 2.51. The maximum atomic E-state index is 13.5. The molecule has 1 aliphatic heterocycles. The van der Waals surface area contributed by atoms with E-state index >= 15 is 0 Å². The van der Waals surface area contributed by atoms with E-state index in [1.165, 1.54) is 24.3 Å². The normalized spacial score (nSPS) is 17.4. The number of benzene rings is 2. The molecule has 3 rings (SSSR count). The SMILES string of the molecule is O=C1NC(c2ccccc2)=C([N+](=O)[O-])C(c2cccc(F)c2)N1. The molecule has 0 radical (unpaired) electrons. The molecular formula is C16H12FN3O3. The van der Waals surface area contributed by atoms with Gasteiger partial charge in [-0.25, -0.2) is 9.18 Å². The van der Waals surface area contributed by atoms with E-state index in [0.29, 0.717) is 11.1 Å². The summed E-state index contributed by atoms with van der Waals surface area (Å²) >= 11 is 0. The molecule has 7 heteroatoms. The van der Waals surface area contributed by atoms with Crippen LogP contribution in [0.1, 0.15) is 17.2 Å². The fraction of sp³-hybridized carbons (Fsp3) is 0.0625. The molecule has 0 spiro atoms. The highest BCUT2D eigenvalue weighted by Gasteiger charge is 2.37. The van der Waals surface area contributed by atoms with Gasteiger partial charge in [-0.2, -0.15) is 0 Å². The molecule has 23 heavy (non-hydrogen) atoms. The molecular weight excluding hydrogens is 301 g/mol. The Balaban J connectivity index is 2.18. The Morgan fingerprint density at radius 1 is 1.09 bits per heavy atom. The Morgan fingerprint density at radius 2 is 1.83 bits per heavy atom. The van der Waals surface area contributed by atoms with E-state index < -0.39 is 22.8 Å². The fourth-order valence-electron chi connectivity index (χ4n) is 2.51. The predicted octanol–water partition coefficient (Wildman–Crippen LogP) is 2.83. The monoisotopic (exact) mass is 313 g/mol. The van der Waals surface area contributed by atoms with Crippen molar-refractivity contribution in [3.63, 3.8) is 0 Å². The van der Waals surface area contributed by atoms with Crippen molar-refractivity contribution < 1.29 is 14.1 Å². The molecule has 116 valence electrons. The van der Waals surface area contributed by atoms with Crippen LogP contribution in [0.5, 0.6) is 0 Å². The summed E-state index contributed by atoms with van der Waals surface area (Å²) in [5.74, 6) is -0.528. The van der Waals surface area contributed by atoms with Gasteiger partial charge in [0.15, 0.2) is 0 Å². The van der Waals surface area contributed by atoms with Crippen molar-refractivity contribution in [2.24, 2.45) is 0 Å². The Labute approximate surface area is 130 Å². The first-order valence-corrected chi connectivity index (χ1v) is 6.83. The number of nitrogens with zero attached hydrogens (tertiary/aromatic N) is 1.